The summed E-state index contributed by atoms with van der Waals surface area (Å²) >= 11 is 0. The molecule has 0 amide bonds. The fourth-order valence-electron chi connectivity index (χ4n) is 5.43. The Labute approximate surface area is 290 Å². The zero-order chi connectivity index (χ0) is 34.3. The lowest BCUT2D eigenvalue weighted by Crippen LogP contribution is -2.28. The molecule has 0 aromatic heterocycles. The lowest BCUT2D eigenvalue weighted by Gasteiger charge is -2.15. The van der Waals surface area contributed by atoms with Crippen LogP contribution in [0.25, 0.3) is 0 Å². The smallest absolute Gasteiger partial charge is 0.306 e. The molecule has 0 fully saturated rings. The molecule has 47 heavy (non-hydrogen) atoms. The molecule has 0 spiro atoms. The molecule has 1 atom stereocenters. The number of unbranched alkanes of at least 4 members (excludes halogenated alkanes) is 19. The number of ether oxygens (including phenoxy) is 2. The van der Waals surface area contributed by atoms with Gasteiger partial charge in [-0.25, -0.2) is 0 Å². The highest BCUT2D eigenvalue weighted by atomic mass is 16.6. The maximum Gasteiger partial charge on any atom is 0.306 e. The number of hydrogen-bond donors (Lipinski definition) is 1. The van der Waals surface area contributed by atoms with Crippen LogP contribution in [0.2, 0.25) is 0 Å². The summed E-state index contributed by atoms with van der Waals surface area (Å²) in [6, 6.07) is 0. The second kappa shape index (κ2) is 38.3. The summed E-state index contributed by atoms with van der Waals surface area (Å²) in [6.45, 7) is 3.99. The van der Waals surface area contributed by atoms with Crippen molar-refractivity contribution in [3.8, 4) is 0 Å². The fourth-order valence-corrected chi connectivity index (χ4v) is 5.43. The van der Waals surface area contributed by atoms with Crippen LogP contribution in [0.3, 0.4) is 0 Å². The third-order valence-corrected chi connectivity index (χ3v) is 8.39. The topological polar surface area (TPSA) is 72.8 Å². The highest BCUT2D eigenvalue weighted by molar-refractivity contribution is 5.70. The van der Waals surface area contributed by atoms with Crippen LogP contribution in [0.1, 0.15) is 187 Å². The molecule has 0 unspecified atom stereocenters. The standard InChI is InChI=1S/C42H74O5/c1-3-5-7-9-11-13-15-17-19-20-21-23-24-26-28-30-32-34-36-41(44)46-39-40(38-43)47-42(45)37-35-33-31-29-27-25-22-18-16-14-12-10-8-6-4-2/h6,8,12,14,18,22,27,29,40,43H,3-5,7,9-11,13,15-17,19-21,23-26,28,30-39H2,1-2H3/b8-6+,14-12+,22-18+,29-27+/t40-/m0/s1. The third kappa shape index (κ3) is 36.5. The van der Waals surface area contributed by atoms with Crippen LogP contribution in [0.15, 0.2) is 48.6 Å². The molecule has 5 nitrogen and oxygen atoms in total. The van der Waals surface area contributed by atoms with Crippen molar-refractivity contribution in [2.24, 2.45) is 0 Å². The molecule has 0 aliphatic heterocycles. The minimum Gasteiger partial charge on any atom is -0.462 e. The second-order valence-electron chi connectivity index (χ2n) is 13.0. The van der Waals surface area contributed by atoms with E-state index in [1.54, 1.807) is 0 Å². The van der Waals surface area contributed by atoms with E-state index in [9.17, 15) is 14.7 Å². The van der Waals surface area contributed by atoms with Gasteiger partial charge in [-0.15, -0.1) is 0 Å². The summed E-state index contributed by atoms with van der Waals surface area (Å²) < 4.78 is 10.6. The SMILES string of the molecule is CC/C=C/C/C=C/C/C=C/C/C=C/CCCCC(=O)O[C@@H](CO)COC(=O)CCCCCCCCCCCCCCCCCCCC. The number of aliphatic hydroxyl groups excluding tert-OH is 1. The van der Waals surface area contributed by atoms with Crippen LogP contribution in [-0.4, -0.2) is 36.4 Å². The number of rotatable bonds is 35. The van der Waals surface area contributed by atoms with E-state index in [2.05, 4.69) is 62.5 Å². The Morgan fingerprint density at radius 2 is 0.915 bits per heavy atom. The van der Waals surface area contributed by atoms with Crippen LogP contribution < -0.4 is 0 Å². The molecule has 0 aliphatic carbocycles. The molecule has 272 valence electrons. The number of aliphatic hydroxyl groups is 1. The third-order valence-electron chi connectivity index (χ3n) is 8.39. The minimum absolute atomic E-state index is 0.0813. The van der Waals surface area contributed by atoms with E-state index in [1.165, 1.54) is 96.3 Å². The Balaban J connectivity index is 3.59. The molecule has 0 aromatic rings. The van der Waals surface area contributed by atoms with Gasteiger partial charge >= 0.3 is 11.9 Å². The van der Waals surface area contributed by atoms with Crippen molar-refractivity contribution in [3.63, 3.8) is 0 Å². The normalized spacial score (nSPS) is 12.7. The average Bonchev–Trinajstić information content (AvgIpc) is 3.07. The predicted molar refractivity (Wildman–Crippen MR) is 200 cm³/mol. The summed E-state index contributed by atoms with van der Waals surface area (Å²) in [5.41, 5.74) is 0. The molecule has 0 bridgehead atoms. The minimum atomic E-state index is -0.791. The summed E-state index contributed by atoms with van der Waals surface area (Å²) in [5, 5.41) is 9.54. The van der Waals surface area contributed by atoms with Crippen molar-refractivity contribution in [2.45, 2.75) is 193 Å². The molecule has 0 saturated heterocycles. The molecule has 0 aliphatic rings. The first kappa shape index (κ1) is 44.9. The molecule has 0 heterocycles. The quantitative estimate of drug-likeness (QED) is 0.0417. The van der Waals surface area contributed by atoms with Gasteiger partial charge in [-0.2, -0.15) is 0 Å². The Bertz CT molecular complexity index is 797. The van der Waals surface area contributed by atoms with Gasteiger partial charge in [-0.1, -0.05) is 172 Å². The zero-order valence-electron chi connectivity index (χ0n) is 30.8. The number of allylic oxidation sites excluding steroid dienone is 8. The Morgan fingerprint density at radius 1 is 0.511 bits per heavy atom. The monoisotopic (exact) mass is 659 g/mol. The highest BCUT2D eigenvalue weighted by Gasteiger charge is 2.16. The summed E-state index contributed by atoms with van der Waals surface area (Å²) in [7, 11) is 0. The molecule has 5 heteroatoms. The molecule has 0 radical (unpaired) electrons. The van der Waals surface area contributed by atoms with Crippen LogP contribution in [0.4, 0.5) is 0 Å². The molecular weight excluding hydrogens is 584 g/mol. The largest absolute Gasteiger partial charge is 0.462 e. The van der Waals surface area contributed by atoms with Crippen molar-refractivity contribution in [1.29, 1.82) is 0 Å². The van der Waals surface area contributed by atoms with E-state index in [0.717, 1.165) is 64.2 Å². The van der Waals surface area contributed by atoms with Crippen LogP contribution in [-0.2, 0) is 19.1 Å². The Morgan fingerprint density at radius 3 is 1.38 bits per heavy atom. The number of carbonyl (C=O) groups excluding carboxylic acids is 2. The first-order valence-corrected chi connectivity index (χ1v) is 19.7. The van der Waals surface area contributed by atoms with E-state index in [0.29, 0.717) is 12.8 Å². The van der Waals surface area contributed by atoms with Gasteiger partial charge in [0, 0.05) is 12.8 Å². The molecule has 0 saturated carbocycles. The van der Waals surface area contributed by atoms with Gasteiger partial charge in [-0.3, -0.25) is 9.59 Å². The average molecular weight is 659 g/mol. The van der Waals surface area contributed by atoms with Gasteiger partial charge in [0.2, 0.25) is 0 Å². The number of hydrogen-bond acceptors (Lipinski definition) is 5. The summed E-state index contributed by atoms with van der Waals surface area (Å²) in [6.07, 6.45) is 47.5. The second-order valence-corrected chi connectivity index (χ2v) is 13.0. The maximum atomic E-state index is 12.1. The number of carbonyl (C=O) groups is 2. The molecular formula is C42H74O5. The van der Waals surface area contributed by atoms with E-state index in [-0.39, 0.29) is 25.2 Å². The van der Waals surface area contributed by atoms with Crippen molar-refractivity contribution in [1.82, 2.24) is 0 Å². The van der Waals surface area contributed by atoms with Gasteiger partial charge in [-0.05, 0) is 51.4 Å². The van der Waals surface area contributed by atoms with Gasteiger partial charge in [0.05, 0.1) is 6.61 Å². The van der Waals surface area contributed by atoms with E-state index in [4.69, 9.17) is 9.47 Å². The van der Waals surface area contributed by atoms with E-state index in [1.807, 2.05) is 0 Å². The highest BCUT2D eigenvalue weighted by Crippen LogP contribution is 2.15. The lowest BCUT2D eigenvalue weighted by molar-refractivity contribution is -0.161. The van der Waals surface area contributed by atoms with Crippen LogP contribution >= 0.6 is 0 Å². The van der Waals surface area contributed by atoms with Crippen molar-refractivity contribution in [3.05, 3.63) is 48.6 Å². The summed E-state index contributed by atoms with van der Waals surface area (Å²) in [5.74, 6) is -0.636. The lowest BCUT2D eigenvalue weighted by atomic mass is 10.0. The maximum absolute atomic E-state index is 12.1. The zero-order valence-corrected chi connectivity index (χ0v) is 30.8. The Hall–Kier alpha value is -2.14. The van der Waals surface area contributed by atoms with E-state index >= 15 is 0 Å². The van der Waals surface area contributed by atoms with Crippen LogP contribution in [0, 0.1) is 0 Å². The predicted octanol–water partition coefficient (Wildman–Crippen LogP) is 12.2. The fraction of sp³-hybridized carbons (Fsp3) is 0.762. The molecule has 0 rings (SSSR count). The van der Waals surface area contributed by atoms with Crippen molar-refractivity contribution in [2.75, 3.05) is 13.2 Å². The van der Waals surface area contributed by atoms with Crippen molar-refractivity contribution >= 4 is 11.9 Å². The van der Waals surface area contributed by atoms with Gasteiger partial charge in [0.1, 0.15) is 6.61 Å². The molecule has 1 N–H and O–H groups in total. The number of esters is 2. The van der Waals surface area contributed by atoms with E-state index < -0.39 is 6.10 Å². The molecule has 0 aromatic carbocycles. The van der Waals surface area contributed by atoms with Gasteiger partial charge in [0.15, 0.2) is 6.10 Å². The van der Waals surface area contributed by atoms with Crippen molar-refractivity contribution < 1.29 is 24.2 Å². The first-order valence-electron chi connectivity index (χ1n) is 19.7. The van der Waals surface area contributed by atoms with Gasteiger partial charge < -0.3 is 14.6 Å². The first-order chi connectivity index (χ1) is 23.1. The summed E-state index contributed by atoms with van der Waals surface area (Å²) in [4.78, 5) is 24.2. The Kier molecular flexibility index (Phi) is 36.6. The van der Waals surface area contributed by atoms with Gasteiger partial charge in [0.25, 0.3) is 0 Å². The van der Waals surface area contributed by atoms with Crippen LogP contribution in [0.5, 0.6) is 0 Å².